The Labute approximate surface area is 202 Å². The standard InChI is InChI=1S/C23H34N6O.HI/c1-5-18(3)27-22(30)20-8-6-19(7-9-20)14-26-23(24-4)28-12-10-17(2)21(15-28)29-13-11-25-16-29;/h6-9,11,13,16-18,21H,5,10,12,14-15H2,1-4H3,(H,24,26)(H,27,30);1H. The first-order chi connectivity index (χ1) is 14.5. The second-order valence-corrected chi connectivity index (χ2v) is 8.17. The summed E-state index contributed by atoms with van der Waals surface area (Å²) in [4.78, 5) is 23.3. The lowest BCUT2D eigenvalue weighted by Gasteiger charge is -2.39. The summed E-state index contributed by atoms with van der Waals surface area (Å²) in [7, 11) is 1.83. The van der Waals surface area contributed by atoms with E-state index >= 15 is 0 Å². The first-order valence-corrected chi connectivity index (χ1v) is 10.8. The largest absolute Gasteiger partial charge is 0.352 e. The van der Waals surface area contributed by atoms with Gasteiger partial charge in [0.1, 0.15) is 0 Å². The molecule has 1 aliphatic rings. The first-order valence-electron chi connectivity index (χ1n) is 10.8. The predicted octanol–water partition coefficient (Wildman–Crippen LogP) is 3.69. The molecule has 0 bridgehead atoms. The van der Waals surface area contributed by atoms with E-state index in [4.69, 9.17) is 0 Å². The third-order valence-electron chi connectivity index (χ3n) is 5.99. The van der Waals surface area contributed by atoms with Gasteiger partial charge >= 0.3 is 0 Å². The number of amides is 1. The van der Waals surface area contributed by atoms with E-state index in [9.17, 15) is 4.79 Å². The van der Waals surface area contributed by atoms with Gasteiger partial charge in [0, 0.05) is 50.7 Å². The van der Waals surface area contributed by atoms with Crippen LogP contribution in [0.3, 0.4) is 0 Å². The molecule has 31 heavy (non-hydrogen) atoms. The minimum atomic E-state index is -0.0207. The molecule has 0 aliphatic carbocycles. The van der Waals surface area contributed by atoms with Gasteiger partial charge in [0.2, 0.25) is 0 Å². The number of piperidine rings is 1. The summed E-state index contributed by atoms with van der Waals surface area (Å²) < 4.78 is 2.20. The van der Waals surface area contributed by atoms with E-state index in [2.05, 4.69) is 43.9 Å². The van der Waals surface area contributed by atoms with Crippen LogP contribution >= 0.6 is 24.0 Å². The minimum absolute atomic E-state index is 0. The van der Waals surface area contributed by atoms with Crippen LogP contribution in [0, 0.1) is 5.92 Å². The average Bonchev–Trinajstić information content (AvgIpc) is 3.30. The molecule has 1 aliphatic heterocycles. The number of nitrogens with zero attached hydrogens (tertiary/aromatic N) is 4. The smallest absolute Gasteiger partial charge is 0.251 e. The number of imidazole rings is 1. The molecule has 0 radical (unpaired) electrons. The number of carbonyl (C=O) groups excluding carboxylic acids is 1. The lowest BCUT2D eigenvalue weighted by molar-refractivity contribution is 0.0939. The summed E-state index contributed by atoms with van der Waals surface area (Å²) in [6, 6.07) is 8.34. The van der Waals surface area contributed by atoms with Crippen molar-refractivity contribution < 1.29 is 4.79 Å². The summed E-state index contributed by atoms with van der Waals surface area (Å²) in [5.74, 6) is 1.49. The second-order valence-electron chi connectivity index (χ2n) is 8.17. The van der Waals surface area contributed by atoms with Crippen LogP contribution in [0.2, 0.25) is 0 Å². The number of hydrogen-bond acceptors (Lipinski definition) is 3. The predicted molar refractivity (Wildman–Crippen MR) is 136 cm³/mol. The number of benzene rings is 1. The number of aliphatic imine (C=N–C) groups is 1. The van der Waals surface area contributed by atoms with Crippen molar-refractivity contribution in [2.45, 2.75) is 52.2 Å². The van der Waals surface area contributed by atoms with Crippen molar-refractivity contribution >= 4 is 35.8 Å². The molecule has 1 aromatic heterocycles. The molecule has 3 rings (SSSR count). The fraction of sp³-hybridized carbons (Fsp3) is 0.522. The molecule has 0 saturated carbocycles. The van der Waals surface area contributed by atoms with Gasteiger partial charge in [0.05, 0.1) is 12.4 Å². The molecule has 3 atom stereocenters. The number of carbonyl (C=O) groups is 1. The third-order valence-corrected chi connectivity index (χ3v) is 5.99. The third kappa shape index (κ3) is 6.69. The van der Waals surface area contributed by atoms with E-state index in [1.165, 1.54) is 0 Å². The molecule has 8 heteroatoms. The Morgan fingerprint density at radius 3 is 2.68 bits per heavy atom. The van der Waals surface area contributed by atoms with Crippen molar-refractivity contribution in [3.8, 4) is 0 Å². The van der Waals surface area contributed by atoms with Crippen LogP contribution in [0.4, 0.5) is 0 Å². The van der Waals surface area contributed by atoms with Crippen molar-refractivity contribution in [1.29, 1.82) is 0 Å². The van der Waals surface area contributed by atoms with E-state index in [-0.39, 0.29) is 35.9 Å². The lowest BCUT2D eigenvalue weighted by Crippen LogP contribution is -2.48. The number of nitrogens with one attached hydrogen (secondary N) is 2. The normalized spacial score (nSPS) is 20.0. The Bertz CT molecular complexity index is 836. The van der Waals surface area contributed by atoms with Crippen LogP contribution in [-0.4, -0.2) is 52.5 Å². The molecule has 7 nitrogen and oxygen atoms in total. The highest BCUT2D eigenvalue weighted by molar-refractivity contribution is 14.0. The van der Waals surface area contributed by atoms with E-state index in [0.717, 1.165) is 37.5 Å². The second kappa shape index (κ2) is 12.1. The van der Waals surface area contributed by atoms with Gasteiger partial charge < -0.3 is 20.1 Å². The zero-order chi connectivity index (χ0) is 21.5. The number of halogens is 1. The van der Waals surface area contributed by atoms with Gasteiger partial charge in [0.15, 0.2) is 5.96 Å². The van der Waals surface area contributed by atoms with Crippen LogP contribution in [0.25, 0.3) is 0 Å². The number of aromatic nitrogens is 2. The van der Waals surface area contributed by atoms with Gasteiger partial charge in [-0.3, -0.25) is 9.79 Å². The van der Waals surface area contributed by atoms with Gasteiger partial charge in [0.25, 0.3) is 5.91 Å². The summed E-state index contributed by atoms with van der Waals surface area (Å²) in [5, 5.41) is 6.48. The van der Waals surface area contributed by atoms with E-state index in [0.29, 0.717) is 24.1 Å². The van der Waals surface area contributed by atoms with Gasteiger partial charge in [-0.05, 0) is 43.4 Å². The lowest BCUT2D eigenvalue weighted by atomic mass is 9.93. The Hall–Kier alpha value is -2.10. The Morgan fingerprint density at radius 2 is 2.06 bits per heavy atom. The van der Waals surface area contributed by atoms with Gasteiger partial charge in [-0.15, -0.1) is 24.0 Å². The van der Waals surface area contributed by atoms with Gasteiger partial charge in [-0.1, -0.05) is 26.0 Å². The molecule has 1 saturated heterocycles. The molecule has 1 aromatic carbocycles. The molecule has 170 valence electrons. The fourth-order valence-electron chi connectivity index (χ4n) is 3.79. The molecule has 3 unspecified atom stereocenters. The van der Waals surface area contributed by atoms with E-state index < -0.39 is 0 Å². The molecule has 1 amide bonds. The van der Waals surface area contributed by atoms with E-state index in [1.807, 2.05) is 57.0 Å². The monoisotopic (exact) mass is 538 g/mol. The van der Waals surface area contributed by atoms with Crippen LogP contribution in [0.1, 0.15) is 55.6 Å². The van der Waals surface area contributed by atoms with E-state index in [1.54, 1.807) is 0 Å². The molecule has 2 aromatic rings. The van der Waals surface area contributed by atoms with Crippen LogP contribution in [0.5, 0.6) is 0 Å². The average molecular weight is 538 g/mol. The first kappa shape index (κ1) is 25.2. The number of likely N-dealkylation sites (tertiary alicyclic amines) is 1. The van der Waals surface area contributed by atoms with Crippen molar-refractivity contribution in [3.05, 3.63) is 54.1 Å². The highest BCUT2D eigenvalue weighted by Crippen LogP contribution is 2.27. The number of rotatable bonds is 6. The summed E-state index contributed by atoms with van der Waals surface area (Å²) in [6.07, 6.45) is 7.82. The molecule has 1 fully saturated rings. The van der Waals surface area contributed by atoms with Crippen molar-refractivity contribution in [2.75, 3.05) is 20.1 Å². The zero-order valence-electron chi connectivity index (χ0n) is 18.9. The topological polar surface area (TPSA) is 74.6 Å². The van der Waals surface area contributed by atoms with Crippen LogP contribution in [0.15, 0.2) is 48.0 Å². The maximum Gasteiger partial charge on any atom is 0.251 e. The number of hydrogen-bond donors (Lipinski definition) is 2. The van der Waals surface area contributed by atoms with Gasteiger partial charge in [-0.2, -0.15) is 0 Å². The van der Waals surface area contributed by atoms with Crippen molar-refractivity contribution in [2.24, 2.45) is 10.9 Å². The highest BCUT2D eigenvalue weighted by atomic mass is 127. The van der Waals surface area contributed by atoms with Crippen LogP contribution < -0.4 is 10.6 Å². The van der Waals surface area contributed by atoms with Crippen molar-refractivity contribution in [3.63, 3.8) is 0 Å². The Kier molecular flexibility index (Phi) is 9.80. The van der Waals surface area contributed by atoms with Crippen molar-refractivity contribution in [1.82, 2.24) is 25.1 Å². The van der Waals surface area contributed by atoms with Gasteiger partial charge in [-0.25, -0.2) is 4.98 Å². The molecular formula is C23H35IN6O. The molecule has 0 spiro atoms. The minimum Gasteiger partial charge on any atom is -0.352 e. The summed E-state index contributed by atoms with van der Waals surface area (Å²) >= 11 is 0. The molecular weight excluding hydrogens is 503 g/mol. The molecule has 2 N–H and O–H groups in total. The maximum absolute atomic E-state index is 12.2. The maximum atomic E-state index is 12.2. The number of guanidine groups is 1. The SMILES string of the molecule is CCC(C)NC(=O)c1ccc(CNC(=NC)N2CCC(C)C(n3ccnc3)C2)cc1.I. The Morgan fingerprint density at radius 1 is 1.32 bits per heavy atom. The van der Waals surface area contributed by atoms with Crippen LogP contribution in [-0.2, 0) is 6.54 Å². The molecule has 2 heterocycles. The highest BCUT2D eigenvalue weighted by Gasteiger charge is 2.28. The fourth-order valence-corrected chi connectivity index (χ4v) is 3.79. The quantitative estimate of drug-likeness (QED) is 0.335. The Balaban J connectivity index is 0.00000341. The summed E-state index contributed by atoms with van der Waals surface area (Å²) in [6.45, 7) is 8.94. The zero-order valence-corrected chi connectivity index (χ0v) is 21.2. The summed E-state index contributed by atoms with van der Waals surface area (Å²) in [5.41, 5.74) is 1.81.